The Morgan fingerprint density at radius 1 is 0.958 bits per heavy atom. The molecule has 0 N–H and O–H groups in total. The number of carbonyl (C=O) groups is 1. The molecule has 11 nitrogen and oxygen atoms in total. The van der Waals surface area contributed by atoms with Gasteiger partial charge in [-0.25, -0.2) is 4.79 Å². The highest BCUT2D eigenvalue weighted by atomic mass is 35.5. The number of likely N-dealkylation sites (N-methyl/N-ethyl adjacent to an activating group) is 1. The summed E-state index contributed by atoms with van der Waals surface area (Å²) in [5.74, 6) is 1.44. The van der Waals surface area contributed by atoms with Crippen LogP contribution in [0.2, 0.25) is 5.02 Å². The number of anilines is 2. The Morgan fingerprint density at radius 2 is 1.69 bits per heavy atom. The number of nitrogens with zero attached hydrogens (tertiary/aromatic N) is 6. The summed E-state index contributed by atoms with van der Waals surface area (Å²) in [4.78, 5) is 31.2. The first-order chi connectivity index (χ1) is 23.3. The lowest BCUT2D eigenvalue weighted by atomic mass is 10.0. The van der Waals surface area contributed by atoms with Gasteiger partial charge in [-0.1, -0.05) is 66.2 Å². The van der Waals surface area contributed by atoms with E-state index in [1.807, 2.05) is 75.6 Å². The van der Waals surface area contributed by atoms with Crippen molar-refractivity contribution in [1.29, 1.82) is 0 Å². The smallest absolute Gasteiger partial charge is 0.410 e. The summed E-state index contributed by atoms with van der Waals surface area (Å²) in [6, 6.07) is 20.2. The van der Waals surface area contributed by atoms with Gasteiger partial charge < -0.3 is 38.5 Å². The van der Waals surface area contributed by atoms with E-state index < -0.39 is 0 Å². The molecule has 254 valence electrons. The number of methoxy groups -OCH3 is 1. The fourth-order valence-corrected chi connectivity index (χ4v) is 6.61. The van der Waals surface area contributed by atoms with Gasteiger partial charge in [0.05, 0.1) is 17.3 Å². The normalized spacial score (nSPS) is 15.4. The van der Waals surface area contributed by atoms with Crippen LogP contribution in [0.4, 0.5) is 16.3 Å². The van der Waals surface area contributed by atoms with Gasteiger partial charge in [0.15, 0.2) is 6.79 Å². The first kappa shape index (κ1) is 33.6. The van der Waals surface area contributed by atoms with Gasteiger partial charge in [0.2, 0.25) is 0 Å². The van der Waals surface area contributed by atoms with Crippen LogP contribution in [0, 0.1) is 0 Å². The molecule has 48 heavy (non-hydrogen) atoms. The van der Waals surface area contributed by atoms with Crippen molar-refractivity contribution in [1.82, 2.24) is 19.8 Å². The van der Waals surface area contributed by atoms with Crippen LogP contribution < -0.4 is 19.3 Å². The molecule has 1 aromatic heterocycles. The SMILES string of the molecule is COCOc1cc(N2CCc3c(nc(OC(C)CN(C)C)nc3N3CCN(C(=O)OCc4ccccc4)CC3)C2)c2ccccc2c1Cl. The first-order valence-corrected chi connectivity index (χ1v) is 16.7. The fourth-order valence-electron chi connectivity index (χ4n) is 6.34. The Balaban J connectivity index is 1.25. The zero-order valence-corrected chi connectivity index (χ0v) is 28.8. The Kier molecular flexibility index (Phi) is 10.7. The number of halogens is 1. The number of fused-ring (bicyclic) bond motifs is 2. The molecular weight excluding hydrogens is 632 g/mol. The van der Waals surface area contributed by atoms with E-state index in [0.29, 0.717) is 49.5 Å². The number of rotatable bonds is 11. The molecule has 2 aliphatic heterocycles. The van der Waals surface area contributed by atoms with Crippen LogP contribution in [0.5, 0.6) is 11.8 Å². The second kappa shape index (κ2) is 15.3. The summed E-state index contributed by atoms with van der Waals surface area (Å²) in [6.07, 6.45) is 0.329. The highest BCUT2D eigenvalue weighted by Gasteiger charge is 2.30. The molecule has 0 radical (unpaired) electrons. The van der Waals surface area contributed by atoms with Crippen LogP contribution in [-0.4, -0.2) is 99.2 Å². The van der Waals surface area contributed by atoms with E-state index in [0.717, 1.165) is 58.6 Å². The van der Waals surface area contributed by atoms with Crippen molar-refractivity contribution in [2.24, 2.45) is 0 Å². The van der Waals surface area contributed by atoms with Crippen molar-refractivity contribution in [2.45, 2.75) is 32.6 Å². The van der Waals surface area contributed by atoms with E-state index in [1.165, 1.54) is 0 Å². The lowest BCUT2D eigenvalue weighted by Gasteiger charge is -2.38. The Labute approximate surface area is 286 Å². The number of carbonyl (C=O) groups excluding carboxylic acids is 1. The molecule has 3 heterocycles. The van der Waals surface area contributed by atoms with E-state index in [-0.39, 0.29) is 25.6 Å². The van der Waals surface area contributed by atoms with Gasteiger partial charge in [-0.3, -0.25) is 0 Å². The average Bonchev–Trinajstić information content (AvgIpc) is 3.10. The number of aromatic nitrogens is 2. The first-order valence-electron chi connectivity index (χ1n) is 16.3. The van der Waals surface area contributed by atoms with Crippen LogP contribution in [0.25, 0.3) is 10.8 Å². The number of piperazine rings is 1. The molecule has 1 saturated heterocycles. The maximum atomic E-state index is 12.9. The second-order valence-corrected chi connectivity index (χ2v) is 12.8. The lowest BCUT2D eigenvalue weighted by molar-refractivity contribution is 0.0513. The van der Waals surface area contributed by atoms with E-state index >= 15 is 0 Å². The van der Waals surface area contributed by atoms with Gasteiger partial charge in [-0.2, -0.15) is 9.97 Å². The molecule has 1 atom stereocenters. The Bertz CT molecular complexity index is 1720. The largest absolute Gasteiger partial charge is 0.466 e. The fraction of sp³-hybridized carbons (Fsp3) is 0.417. The predicted octanol–water partition coefficient (Wildman–Crippen LogP) is 5.62. The third-order valence-corrected chi connectivity index (χ3v) is 8.98. The van der Waals surface area contributed by atoms with Gasteiger partial charge in [-0.15, -0.1) is 0 Å². The monoisotopic (exact) mass is 674 g/mol. The highest BCUT2D eigenvalue weighted by molar-refractivity contribution is 6.37. The van der Waals surface area contributed by atoms with Crippen LogP contribution in [0.3, 0.4) is 0 Å². The molecule has 2 aliphatic rings. The van der Waals surface area contributed by atoms with E-state index in [2.05, 4.69) is 20.8 Å². The van der Waals surface area contributed by atoms with Crippen LogP contribution in [0.15, 0.2) is 60.7 Å². The molecule has 0 bridgehead atoms. The maximum Gasteiger partial charge on any atom is 0.410 e. The third-order valence-electron chi connectivity index (χ3n) is 8.59. The van der Waals surface area contributed by atoms with Crippen molar-refractivity contribution < 1.29 is 23.7 Å². The Morgan fingerprint density at radius 3 is 2.42 bits per heavy atom. The zero-order valence-electron chi connectivity index (χ0n) is 28.0. The van der Waals surface area contributed by atoms with Gasteiger partial charge in [-0.05, 0) is 33.0 Å². The quantitative estimate of drug-likeness (QED) is 0.187. The summed E-state index contributed by atoms with van der Waals surface area (Å²) in [5, 5.41) is 2.51. The number of ether oxygens (including phenoxy) is 4. The number of benzene rings is 3. The van der Waals surface area contributed by atoms with E-state index in [4.69, 9.17) is 40.5 Å². The van der Waals surface area contributed by atoms with Crippen molar-refractivity contribution in [3.05, 3.63) is 82.5 Å². The minimum atomic E-state index is -0.301. The minimum Gasteiger partial charge on any atom is -0.466 e. The van der Waals surface area contributed by atoms with E-state index in [1.54, 1.807) is 12.0 Å². The summed E-state index contributed by atoms with van der Waals surface area (Å²) in [5.41, 5.74) is 4.00. The van der Waals surface area contributed by atoms with Crippen LogP contribution >= 0.6 is 11.6 Å². The van der Waals surface area contributed by atoms with Crippen molar-refractivity contribution >= 4 is 40.0 Å². The number of hydrogen-bond acceptors (Lipinski definition) is 10. The molecule has 3 aromatic carbocycles. The van der Waals surface area contributed by atoms with Crippen molar-refractivity contribution in [3.63, 3.8) is 0 Å². The molecule has 6 rings (SSSR count). The second-order valence-electron chi connectivity index (χ2n) is 12.4. The summed E-state index contributed by atoms with van der Waals surface area (Å²) < 4.78 is 23.0. The molecule has 4 aromatic rings. The third kappa shape index (κ3) is 7.69. The van der Waals surface area contributed by atoms with E-state index in [9.17, 15) is 4.79 Å². The van der Waals surface area contributed by atoms with Gasteiger partial charge in [0.25, 0.3) is 0 Å². The standard InChI is InChI=1S/C36H43ClN6O5/c1-25(21-40(2)3)48-35-38-30-22-43(31-20-32(47-24-45-4)33(37)28-13-9-8-12-27(28)31)15-14-29(30)34(39-35)41-16-18-42(19-17-41)36(44)46-23-26-10-6-5-7-11-26/h5-13,20,25H,14-19,21-24H2,1-4H3. The molecule has 0 saturated carbocycles. The van der Waals surface area contributed by atoms with Gasteiger partial charge >= 0.3 is 12.1 Å². The van der Waals surface area contributed by atoms with Gasteiger partial charge in [0.1, 0.15) is 24.3 Å². The maximum absolute atomic E-state index is 12.9. The predicted molar refractivity (Wildman–Crippen MR) is 187 cm³/mol. The van der Waals surface area contributed by atoms with Gasteiger partial charge in [0, 0.05) is 74.5 Å². The molecule has 0 aliphatic carbocycles. The summed E-state index contributed by atoms with van der Waals surface area (Å²) >= 11 is 6.78. The molecule has 1 amide bonds. The topological polar surface area (TPSA) is 92.7 Å². The number of amides is 1. The molecule has 1 unspecified atom stereocenters. The molecule has 0 spiro atoms. The molecular formula is C36H43ClN6O5. The molecule has 1 fully saturated rings. The molecule has 12 heteroatoms. The minimum absolute atomic E-state index is 0.0980. The average molecular weight is 675 g/mol. The Hall–Kier alpha value is -4.32. The lowest BCUT2D eigenvalue weighted by Crippen LogP contribution is -2.49. The zero-order chi connectivity index (χ0) is 33.6. The van der Waals surface area contributed by atoms with Crippen molar-refractivity contribution in [3.8, 4) is 11.8 Å². The van der Waals surface area contributed by atoms with Crippen LogP contribution in [-0.2, 0) is 29.0 Å². The van der Waals surface area contributed by atoms with Crippen molar-refractivity contribution in [2.75, 3.05) is 77.1 Å². The number of hydrogen-bond donors (Lipinski definition) is 0. The summed E-state index contributed by atoms with van der Waals surface area (Å²) in [7, 11) is 5.62. The van der Waals surface area contributed by atoms with Crippen LogP contribution in [0.1, 0.15) is 23.7 Å². The highest BCUT2D eigenvalue weighted by Crippen LogP contribution is 2.41. The summed E-state index contributed by atoms with van der Waals surface area (Å²) in [6.45, 7) is 6.74.